The highest BCUT2D eigenvalue weighted by Crippen LogP contribution is 2.46. The van der Waals surface area contributed by atoms with Crippen molar-refractivity contribution >= 4 is 14.2 Å². The lowest BCUT2D eigenvalue weighted by Gasteiger charge is -2.48. The van der Waals surface area contributed by atoms with Gasteiger partial charge in [0.15, 0.2) is 8.32 Å². The van der Waals surface area contributed by atoms with Crippen LogP contribution < -0.4 is 5.32 Å². The van der Waals surface area contributed by atoms with Gasteiger partial charge in [0.05, 0.1) is 24.2 Å². The minimum Gasteiger partial charge on any atom is -0.413 e. The molecule has 22 heavy (non-hydrogen) atoms. The summed E-state index contributed by atoms with van der Waals surface area (Å²) in [5.41, 5.74) is 0. The first-order chi connectivity index (χ1) is 10.1. The van der Waals surface area contributed by atoms with Crippen LogP contribution in [0.1, 0.15) is 47.0 Å². The zero-order valence-electron chi connectivity index (χ0n) is 14.8. The Balaban J connectivity index is 1.66. The molecule has 0 bridgehead atoms. The Hall–Kier alpha value is -0.393. The summed E-state index contributed by atoms with van der Waals surface area (Å²) in [4.78, 5) is 12.2. The summed E-state index contributed by atoms with van der Waals surface area (Å²) in [7, 11) is -1.84. The van der Waals surface area contributed by atoms with E-state index >= 15 is 0 Å². The molecule has 0 unspecified atom stereocenters. The van der Waals surface area contributed by atoms with E-state index in [0.717, 1.165) is 0 Å². The molecule has 5 heteroatoms. The van der Waals surface area contributed by atoms with Gasteiger partial charge in [-0.05, 0) is 37.9 Å². The Kier molecular flexibility index (Phi) is 3.98. The summed E-state index contributed by atoms with van der Waals surface area (Å²) in [5.74, 6) is 0.660. The fraction of sp³-hybridized carbons (Fsp3) is 0.941. The normalized spacial score (nSPS) is 39.5. The summed E-state index contributed by atoms with van der Waals surface area (Å²) in [5, 5.41) is 3.31. The van der Waals surface area contributed by atoms with E-state index in [2.05, 4.69) is 46.1 Å². The highest BCUT2D eigenvalue weighted by molar-refractivity contribution is 6.74. The standard InChI is InChI=1S/C17H31NO3Si/c1-10(21-22(5,6)17(2,3)4)13-14(18-16(13)19)11-8-7-9-12-15(11)20-12/h10-15H,7-9H2,1-6H3,(H,18,19)/t10-,11+,12-,13-,14-,15+/m1/s1. The van der Waals surface area contributed by atoms with E-state index in [0.29, 0.717) is 18.1 Å². The maximum atomic E-state index is 12.2. The second kappa shape index (κ2) is 5.31. The quantitative estimate of drug-likeness (QED) is 0.491. The Bertz CT molecular complexity index is 459. The molecule has 2 heterocycles. The molecule has 2 aliphatic heterocycles. The van der Waals surface area contributed by atoms with Gasteiger partial charge in [-0.25, -0.2) is 0 Å². The van der Waals surface area contributed by atoms with Crippen molar-refractivity contribution in [3.63, 3.8) is 0 Å². The molecule has 3 rings (SSSR count). The van der Waals surface area contributed by atoms with Gasteiger partial charge in [0.2, 0.25) is 5.91 Å². The minimum absolute atomic E-state index is 0.00114. The number of fused-ring (bicyclic) bond motifs is 1. The van der Waals surface area contributed by atoms with Crippen molar-refractivity contribution in [2.75, 3.05) is 0 Å². The van der Waals surface area contributed by atoms with Crippen molar-refractivity contribution in [3.05, 3.63) is 0 Å². The van der Waals surface area contributed by atoms with Crippen LogP contribution >= 0.6 is 0 Å². The van der Waals surface area contributed by atoms with E-state index in [9.17, 15) is 4.79 Å². The fourth-order valence-corrected chi connectivity index (χ4v) is 5.31. The SMILES string of the molecule is C[C@@H](O[Si](C)(C)C(C)(C)C)[C@H]1C(=O)N[C@@H]1[C@@H]1CCC[C@H]2O[C@@H]12. The van der Waals surface area contributed by atoms with E-state index in [-0.39, 0.29) is 29.0 Å². The van der Waals surface area contributed by atoms with Gasteiger partial charge in [0.1, 0.15) is 0 Å². The van der Waals surface area contributed by atoms with Crippen LogP contribution in [0.5, 0.6) is 0 Å². The first kappa shape index (κ1) is 16.5. The van der Waals surface area contributed by atoms with Crippen molar-refractivity contribution in [2.24, 2.45) is 11.8 Å². The molecule has 126 valence electrons. The van der Waals surface area contributed by atoms with Gasteiger partial charge in [0.25, 0.3) is 0 Å². The summed E-state index contributed by atoms with van der Waals surface area (Å²) < 4.78 is 12.3. The summed E-state index contributed by atoms with van der Waals surface area (Å²) in [6, 6.07) is 0.252. The highest BCUT2D eigenvalue weighted by atomic mass is 28.4. The van der Waals surface area contributed by atoms with E-state index in [1.54, 1.807) is 0 Å². The average Bonchev–Trinajstić information content (AvgIpc) is 3.12. The third-order valence-electron chi connectivity index (χ3n) is 6.32. The first-order valence-electron chi connectivity index (χ1n) is 8.75. The zero-order valence-corrected chi connectivity index (χ0v) is 15.8. The van der Waals surface area contributed by atoms with Gasteiger partial charge >= 0.3 is 0 Å². The van der Waals surface area contributed by atoms with E-state index in [1.807, 2.05) is 0 Å². The van der Waals surface area contributed by atoms with Crippen LogP contribution in [0.3, 0.4) is 0 Å². The number of amides is 1. The molecule has 1 amide bonds. The van der Waals surface area contributed by atoms with Gasteiger partial charge in [0, 0.05) is 12.0 Å². The Morgan fingerprint density at radius 1 is 1.32 bits per heavy atom. The summed E-state index contributed by atoms with van der Waals surface area (Å²) >= 11 is 0. The number of epoxide rings is 1. The van der Waals surface area contributed by atoms with Crippen molar-refractivity contribution < 1.29 is 14.0 Å². The van der Waals surface area contributed by atoms with Gasteiger partial charge in [-0.1, -0.05) is 27.2 Å². The maximum absolute atomic E-state index is 12.2. The smallest absolute Gasteiger partial charge is 0.228 e. The topological polar surface area (TPSA) is 50.9 Å². The van der Waals surface area contributed by atoms with Crippen LogP contribution in [0.25, 0.3) is 0 Å². The van der Waals surface area contributed by atoms with Crippen LogP contribution in [-0.4, -0.2) is 38.6 Å². The molecule has 3 aliphatic rings. The molecule has 0 aromatic rings. The third-order valence-corrected chi connectivity index (χ3v) is 10.9. The van der Waals surface area contributed by atoms with Gasteiger partial charge in [-0.2, -0.15) is 0 Å². The monoisotopic (exact) mass is 325 g/mol. The molecule has 1 saturated carbocycles. The van der Waals surface area contributed by atoms with E-state index < -0.39 is 8.32 Å². The lowest BCUT2D eigenvalue weighted by atomic mass is 9.72. The second-order valence-electron chi connectivity index (χ2n) is 8.88. The van der Waals surface area contributed by atoms with Crippen LogP contribution in [0.2, 0.25) is 18.1 Å². The summed E-state index contributed by atoms with van der Waals surface area (Å²) in [6.45, 7) is 13.3. The number of hydrogen-bond donors (Lipinski definition) is 1. The average molecular weight is 326 g/mol. The Morgan fingerprint density at radius 3 is 2.59 bits per heavy atom. The number of rotatable bonds is 4. The molecule has 6 atom stereocenters. The third kappa shape index (κ3) is 2.76. The lowest BCUT2D eigenvalue weighted by Crippen LogP contribution is -2.67. The van der Waals surface area contributed by atoms with Crippen LogP contribution in [0.15, 0.2) is 0 Å². The predicted octanol–water partition coefficient (Wildman–Crippen LogP) is 3.08. The largest absolute Gasteiger partial charge is 0.413 e. The molecule has 0 spiro atoms. The first-order valence-corrected chi connectivity index (χ1v) is 11.7. The number of carbonyl (C=O) groups is 1. The van der Waals surface area contributed by atoms with E-state index in [4.69, 9.17) is 9.16 Å². The minimum atomic E-state index is -1.84. The number of ether oxygens (including phenoxy) is 1. The number of nitrogens with one attached hydrogen (secondary N) is 1. The van der Waals surface area contributed by atoms with Crippen LogP contribution in [0.4, 0.5) is 0 Å². The van der Waals surface area contributed by atoms with Gasteiger partial charge < -0.3 is 14.5 Å². The molecule has 2 saturated heterocycles. The van der Waals surface area contributed by atoms with Crippen molar-refractivity contribution in [1.82, 2.24) is 5.32 Å². The number of hydrogen-bond acceptors (Lipinski definition) is 3. The molecular weight excluding hydrogens is 294 g/mol. The van der Waals surface area contributed by atoms with E-state index in [1.165, 1.54) is 19.3 Å². The predicted molar refractivity (Wildman–Crippen MR) is 89.2 cm³/mol. The molecule has 0 radical (unpaired) electrons. The molecule has 3 fully saturated rings. The van der Waals surface area contributed by atoms with Gasteiger partial charge in [-0.3, -0.25) is 4.79 Å². The Morgan fingerprint density at radius 2 is 2.00 bits per heavy atom. The lowest BCUT2D eigenvalue weighted by molar-refractivity contribution is -0.142. The van der Waals surface area contributed by atoms with Crippen molar-refractivity contribution in [3.8, 4) is 0 Å². The molecular formula is C17H31NO3Si. The second-order valence-corrected chi connectivity index (χ2v) is 13.6. The molecule has 1 N–H and O–H groups in total. The molecule has 0 aromatic carbocycles. The fourth-order valence-electron chi connectivity index (χ4n) is 3.88. The molecule has 1 aliphatic carbocycles. The highest BCUT2D eigenvalue weighted by Gasteiger charge is 2.57. The maximum Gasteiger partial charge on any atom is 0.228 e. The van der Waals surface area contributed by atoms with Crippen molar-refractivity contribution in [2.45, 2.75) is 89.4 Å². The molecule has 4 nitrogen and oxygen atoms in total. The Labute approximate surface area is 135 Å². The summed E-state index contributed by atoms with van der Waals surface area (Å²) in [6.07, 6.45) is 4.45. The molecule has 0 aromatic heterocycles. The zero-order chi connectivity index (χ0) is 16.3. The number of carbonyl (C=O) groups excluding carboxylic acids is 1. The van der Waals surface area contributed by atoms with Crippen LogP contribution in [-0.2, 0) is 14.0 Å². The number of β-lactam (4-membered cyclic amide) rings is 1. The van der Waals surface area contributed by atoms with Crippen LogP contribution in [0, 0.1) is 11.8 Å². The van der Waals surface area contributed by atoms with Crippen molar-refractivity contribution in [1.29, 1.82) is 0 Å². The van der Waals surface area contributed by atoms with Gasteiger partial charge in [-0.15, -0.1) is 0 Å².